The molecular weight excluding hydrogens is 210 g/mol. The first-order valence-corrected chi connectivity index (χ1v) is 6.06. The Bertz CT molecular complexity index is 312. The molecule has 1 aliphatic rings. The highest BCUT2D eigenvalue weighted by molar-refractivity contribution is 7.09. The van der Waals surface area contributed by atoms with Crippen molar-refractivity contribution >= 4 is 16.7 Å². The zero-order valence-electron chi connectivity index (χ0n) is 9.36. The van der Waals surface area contributed by atoms with Crippen LogP contribution in [0.4, 0.5) is 5.13 Å². The third-order valence-electron chi connectivity index (χ3n) is 3.20. The summed E-state index contributed by atoms with van der Waals surface area (Å²) in [6, 6.07) is 0.446. The fraction of sp³-hybridized carbons (Fsp3) is 0.800. The average Bonchev–Trinajstić information content (AvgIpc) is 2.69. The summed E-state index contributed by atoms with van der Waals surface area (Å²) in [6.07, 6.45) is 3.01. The first-order valence-electron chi connectivity index (χ1n) is 5.29. The maximum absolute atomic E-state index is 5.67. The summed E-state index contributed by atoms with van der Waals surface area (Å²) >= 11 is 1.40. The summed E-state index contributed by atoms with van der Waals surface area (Å²) in [7, 11) is 0. The standard InChI is InChI=1S/C10H17N3OS/c1-4-14-8-5-7(10(8,2)3)13-9-11-6-12-15-9/h6-8H,4-5H2,1-3H3,(H,11,12,13). The maximum Gasteiger partial charge on any atom is 0.202 e. The van der Waals surface area contributed by atoms with E-state index < -0.39 is 0 Å². The Morgan fingerprint density at radius 1 is 1.67 bits per heavy atom. The van der Waals surface area contributed by atoms with Gasteiger partial charge in [0.15, 0.2) is 0 Å². The molecule has 1 aliphatic carbocycles. The lowest BCUT2D eigenvalue weighted by Crippen LogP contribution is -2.58. The van der Waals surface area contributed by atoms with Crippen LogP contribution in [-0.4, -0.2) is 28.1 Å². The van der Waals surface area contributed by atoms with E-state index in [2.05, 4.69) is 28.5 Å². The smallest absolute Gasteiger partial charge is 0.202 e. The maximum atomic E-state index is 5.67. The zero-order valence-corrected chi connectivity index (χ0v) is 10.2. The molecule has 5 heteroatoms. The van der Waals surface area contributed by atoms with Gasteiger partial charge in [0.25, 0.3) is 0 Å². The average molecular weight is 227 g/mol. The number of ether oxygens (including phenoxy) is 1. The quantitative estimate of drug-likeness (QED) is 0.856. The van der Waals surface area contributed by atoms with Gasteiger partial charge in [-0.2, -0.15) is 4.37 Å². The van der Waals surface area contributed by atoms with E-state index in [1.54, 1.807) is 6.33 Å². The Labute approximate surface area is 94.2 Å². The molecule has 15 heavy (non-hydrogen) atoms. The highest BCUT2D eigenvalue weighted by Crippen LogP contribution is 2.44. The zero-order chi connectivity index (χ0) is 10.9. The highest BCUT2D eigenvalue weighted by atomic mass is 32.1. The molecule has 4 nitrogen and oxygen atoms in total. The predicted molar refractivity (Wildman–Crippen MR) is 61.1 cm³/mol. The fourth-order valence-corrected chi connectivity index (χ4v) is 2.48. The van der Waals surface area contributed by atoms with Crippen LogP contribution in [0.5, 0.6) is 0 Å². The second-order valence-corrected chi connectivity index (χ2v) is 5.22. The number of rotatable bonds is 4. The van der Waals surface area contributed by atoms with Gasteiger partial charge in [0, 0.05) is 29.6 Å². The lowest BCUT2D eigenvalue weighted by molar-refractivity contribution is -0.0975. The number of hydrogen-bond acceptors (Lipinski definition) is 5. The highest BCUT2D eigenvalue weighted by Gasteiger charge is 2.49. The van der Waals surface area contributed by atoms with Crippen LogP contribution < -0.4 is 5.32 Å². The van der Waals surface area contributed by atoms with Crippen molar-refractivity contribution in [3.05, 3.63) is 6.33 Å². The van der Waals surface area contributed by atoms with Gasteiger partial charge in [-0.3, -0.25) is 0 Å². The summed E-state index contributed by atoms with van der Waals surface area (Å²) < 4.78 is 9.64. The van der Waals surface area contributed by atoms with Gasteiger partial charge in [-0.05, 0) is 13.3 Å². The van der Waals surface area contributed by atoms with Crippen LogP contribution in [0.3, 0.4) is 0 Å². The van der Waals surface area contributed by atoms with E-state index in [1.807, 2.05) is 6.92 Å². The normalized spacial score (nSPS) is 28.5. The molecule has 2 rings (SSSR count). The summed E-state index contributed by atoms with van der Waals surface area (Å²) in [5.74, 6) is 0. The fourth-order valence-electron chi connectivity index (χ4n) is 2.00. The molecule has 0 amide bonds. The summed E-state index contributed by atoms with van der Waals surface area (Å²) in [5, 5.41) is 4.31. The predicted octanol–water partition coefficient (Wildman–Crippen LogP) is 2.15. The Morgan fingerprint density at radius 3 is 3.00 bits per heavy atom. The van der Waals surface area contributed by atoms with Crippen LogP contribution >= 0.6 is 11.5 Å². The largest absolute Gasteiger partial charge is 0.378 e. The van der Waals surface area contributed by atoms with Crippen molar-refractivity contribution in [3.8, 4) is 0 Å². The van der Waals surface area contributed by atoms with Gasteiger partial charge in [0.05, 0.1) is 6.10 Å². The van der Waals surface area contributed by atoms with Crippen molar-refractivity contribution in [3.63, 3.8) is 0 Å². The van der Waals surface area contributed by atoms with Crippen molar-refractivity contribution in [1.29, 1.82) is 0 Å². The number of aromatic nitrogens is 2. The molecule has 84 valence electrons. The van der Waals surface area contributed by atoms with Gasteiger partial charge in [0.2, 0.25) is 5.13 Å². The summed E-state index contributed by atoms with van der Waals surface area (Å²) in [6.45, 7) is 7.30. The molecule has 0 radical (unpaired) electrons. The molecule has 1 heterocycles. The van der Waals surface area contributed by atoms with Crippen LogP contribution in [0.2, 0.25) is 0 Å². The topological polar surface area (TPSA) is 47.0 Å². The summed E-state index contributed by atoms with van der Waals surface area (Å²) in [4.78, 5) is 4.13. The Balaban J connectivity index is 1.92. The van der Waals surface area contributed by atoms with Crippen LogP contribution in [0, 0.1) is 5.41 Å². The van der Waals surface area contributed by atoms with Crippen LogP contribution in [0.1, 0.15) is 27.2 Å². The molecule has 1 saturated carbocycles. The Morgan fingerprint density at radius 2 is 2.47 bits per heavy atom. The van der Waals surface area contributed by atoms with E-state index in [-0.39, 0.29) is 5.41 Å². The minimum atomic E-state index is 0.182. The third kappa shape index (κ3) is 1.99. The Kier molecular flexibility index (Phi) is 2.93. The molecule has 1 fully saturated rings. The van der Waals surface area contributed by atoms with Gasteiger partial charge >= 0.3 is 0 Å². The minimum absolute atomic E-state index is 0.182. The molecule has 1 aromatic rings. The first-order chi connectivity index (χ1) is 7.14. The molecule has 0 aliphatic heterocycles. The summed E-state index contributed by atoms with van der Waals surface area (Å²) in [5.41, 5.74) is 0.182. The first kappa shape index (κ1) is 10.8. The van der Waals surface area contributed by atoms with Gasteiger partial charge in [-0.15, -0.1) is 0 Å². The monoisotopic (exact) mass is 227 g/mol. The van der Waals surface area contributed by atoms with E-state index in [0.717, 1.165) is 18.2 Å². The van der Waals surface area contributed by atoms with Gasteiger partial charge < -0.3 is 10.1 Å². The van der Waals surface area contributed by atoms with Crippen molar-refractivity contribution in [2.24, 2.45) is 5.41 Å². The second kappa shape index (κ2) is 4.06. The van der Waals surface area contributed by atoms with Crippen molar-refractivity contribution in [1.82, 2.24) is 9.36 Å². The third-order valence-corrected chi connectivity index (χ3v) is 3.80. The lowest BCUT2D eigenvalue weighted by atomic mass is 9.64. The number of nitrogens with one attached hydrogen (secondary N) is 1. The number of hydrogen-bond donors (Lipinski definition) is 1. The van der Waals surface area contributed by atoms with E-state index >= 15 is 0 Å². The molecule has 0 aromatic carbocycles. The number of anilines is 1. The van der Waals surface area contributed by atoms with Crippen LogP contribution in [0.25, 0.3) is 0 Å². The van der Waals surface area contributed by atoms with Gasteiger partial charge in [-0.25, -0.2) is 4.98 Å². The molecule has 1 N–H and O–H groups in total. The van der Waals surface area contributed by atoms with E-state index in [1.165, 1.54) is 11.5 Å². The van der Waals surface area contributed by atoms with E-state index in [9.17, 15) is 0 Å². The molecule has 1 aromatic heterocycles. The number of nitrogens with zero attached hydrogens (tertiary/aromatic N) is 2. The minimum Gasteiger partial charge on any atom is -0.378 e. The van der Waals surface area contributed by atoms with Crippen LogP contribution in [0.15, 0.2) is 6.33 Å². The lowest BCUT2D eigenvalue weighted by Gasteiger charge is -2.51. The Hall–Kier alpha value is -0.680. The molecule has 0 bridgehead atoms. The van der Waals surface area contributed by atoms with Crippen molar-refractivity contribution in [2.75, 3.05) is 11.9 Å². The van der Waals surface area contributed by atoms with Crippen LogP contribution in [-0.2, 0) is 4.74 Å². The second-order valence-electron chi connectivity index (χ2n) is 4.44. The van der Waals surface area contributed by atoms with E-state index in [4.69, 9.17) is 4.74 Å². The molecule has 0 saturated heterocycles. The van der Waals surface area contributed by atoms with Gasteiger partial charge in [0.1, 0.15) is 6.33 Å². The van der Waals surface area contributed by atoms with E-state index in [0.29, 0.717) is 12.1 Å². The SMILES string of the molecule is CCOC1CC(Nc2ncns2)C1(C)C. The van der Waals surface area contributed by atoms with Crippen molar-refractivity contribution in [2.45, 2.75) is 39.3 Å². The molecule has 0 spiro atoms. The van der Waals surface area contributed by atoms with Crippen molar-refractivity contribution < 1.29 is 4.74 Å². The molecule has 2 unspecified atom stereocenters. The molecular formula is C10H17N3OS. The molecule has 2 atom stereocenters. The van der Waals surface area contributed by atoms with Gasteiger partial charge in [-0.1, -0.05) is 13.8 Å².